The molecule has 39 heavy (non-hydrogen) atoms. The third-order valence-electron chi connectivity index (χ3n) is 8.81. The summed E-state index contributed by atoms with van der Waals surface area (Å²) >= 11 is 0. The van der Waals surface area contributed by atoms with E-state index in [-0.39, 0.29) is 35.8 Å². The molecule has 2 atom stereocenters. The molecule has 1 aromatic heterocycles. The molecule has 0 radical (unpaired) electrons. The predicted octanol–water partition coefficient (Wildman–Crippen LogP) is 6.64. The van der Waals surface area contributed by atoms with Crippen molar-refractivity contribution in [2.45, 2.75) is 50.1 Å². The van der Waals surface area contributed by atoms with Crippen molar-refractivity contribution in [1.82, 2.24) is 14.7 Å². The highest BCUT2D eigenvalue weighted by Gasteiger charge is 2.44. The molecule has 3 aromatic carbocycles. The van der Waals surface area contributed by atoms with Crippen LogP contribution in [0.4, 0.5) is 4.79 Å². The first-order valence-corrected chi connectivity index (χ1v) is 13.9. The Morgan fingerprint density at radius 3 is 2.08 bits per heavy atom. The number of amides is 1. The first kappa shape index (κ1) is 23.9. The monoisotopic (exact) mass is 517 g/mol. The third-order valence-corrected chi connectivity index (χ3v) is 8.81. The highest BCUT2D eigenvalue weighted by molar-refractivity contribution is 5.98. The van der Waals surface area contributed by atoms with Crippen molar-refractivity contribution in [3.05, 3.63) is 108 Å². The second-order valence-corrected chi connectivity index (χ2v) is 11.0. The van der Waals surface area contributed by atoms with Crippen molar-refractivity contribution < 1.29 is 14.3 Å². The molecule has 1 amide bonds. The molecule has 3 aliphatic rings. The van der Waals surface area contributed by atoms with E-state index in [1.807, 2.05) is 41.4 Å². The van der Waals surface area contributed by atoms with Gasteiger partial charge in [-0.15, -0.1) is 0 Å². The van der Waals surface area contributed by atoms with Gasteiger partial charge in [0, 0.05) is 41.9 Å². The van der Waals surface area contributed by atoms with Crippen LogP contribution in [0, 0.1) is 5.92 Å². The van der Waals surface area contributed by atoms with E-state index in [2.05, 4.69) is 53.6 Å². The maximum atomic E-state index is 13.5. The molecule has 2 saturated heterocycles. The van der Waals surface area contributed by atoms with Crippen LogP contribution in [-0.2, 0) is 4.74 Å². The lowest BCUT2D eigenvalue weighted by atomic mass is 9.76. The number of benzene rings is 3. The fraction of sp³-hybridized carbons (Fsp3) is 0.303. The van der Waals surface area contributed by atoms with Crippen LogP contribution in [0.2, 0.25) is 0 Å². The Hall–Kier alpha value is -4.19. The normalized spacial score (nSPS) is 21.7. The van der Waals surface area contributed by atoms with E-state index >= 15 is 0 Å². The number of aromatic nitrogens is 2. The summed E-state index contributed by atoms with van der Waals surface area (Å²) < 4.78 is 7.82. The Morgan fingerprint density at radius 1 is 0.821 bits per heavy atom. The molecular weight excluding hydrogens is 486 g/mol. The van der Waals surface area contributed by atoms with E-state index in [0.717, 1.165) is 30.5 Å². The molecule has 4 aromatic rings. The predicted molar refractivity (Wildman–Crippen MR) is 149 cm³/mol. The minimum absolute atomic E-state index is 0.0463. The Labute approximate surface area is 228 Å². The van der Waals surface area contributed by atoms with E-state index in [1.165, 1.54) is 22.3 Å². The minimum Gasteiger partial charge on any atom is -0.448 e. The van der Waals surface area contributed by atoms with Gasteiger partial charge in [-0.2, -0.15) is 5.10 Å². The topological polar surface area (TPSA) is 64.4 Å². The number of hydrogen-bond donors (Lipinski definition) is 0. The lowest BCUT2D eigenvalue weighted by molar-refractivity contribution is 0.00651. The number of carbonyl (C=O) groups is 2. The van der Waals surface area contributed by atoms with Crippen LogP contribution in [0.5, 0.6) is 0 Å². The van der Waals surface area contributed by atoms with Gasteiger partial charge >= 0.3 is 6.09 Å². The number of hydrogen-bond acceptors (Lipinski definition) is 4. The van der Waals surface area contributed by atoms with Crippen molar-refractivity contribution in [2.24, 2.45) is 5.92 Å². The Kier molecular flexibility index (Phi) is 6.03. The van der Waals surface area contributed by atoms with Crippen LogP contribution in [-0.4, -0.2) is 45.2 Å². The highest BCUT2D eigenvalue weighted by Crippen LogP contribution is 2.45. The number of ether oxygens (including phenoxy) is 1. The first-order valence-electron chi connectivity index (χ1n) is 13.9. The van der Waals surface area contributed by atoms with Crippen LogP contribution in [0.1, 0.15) is 59.5 Å². The summed E-state index contributed by atoms with van der Waals surface area (Å²) in [5, 5.41) is 4.26. The van der Waals surface area contributed by atoms with Crippen molar-refractivity contribution in [1.29, 1.82) is 0 Å². The first-order chi connectivity index (χ1) is 19.2. The van der Waals surface area contributed by atoms with Crippen LogP contribution in [0.3, 0.4) is 0 Å². The summed E-state index contributed by atoms with van der Waals surface area (Å²) in [5.41, 5.74) is 6.54. The molecule has 0 spiro atoms. The van der Waals surface area contributed by atoms with Gasteiger partial charge < -0.3 is 9.64 Å². The quantitative estimate of drug-likeness (QED) is 0.279. The van der Waals surface area contributed by atoms with E-state index in [4.69, 9.17) is 4.74 Å². The maximum absolute atomic E-state index is 13.5. The molecule has 0 saturated carbocycles. The molecule has 2 aliphatic heterocycles. The molecule has 3 heterocycles. The Morgan fingerprint density at radius 2 is 1.46 bits per heavy atom. The smallest absolute Gasteiger partial charge is 0.410 e. The van der Waals surface area contributed by atoms with E-state index in [1.54, 1.807) is 10.9 Å². The van der Waals surface area contributed by atoms with Crippen molar-refractivity contribution in [3.63, 3.8) is 0 Å². The molecule has 6 nitrogen and oxygen atoms in total. The van der Waals surface area contributed by atoms with Crippen LogP contribution >= 0.6 is 0 Å². The van der Waals surface area contributed by atoms with Crippen molar-refractivity contribution in [3.8, 4) is 16.8 Å². The van der Waals surface area contributed by atoms with Crippen molar-refractivity contribution >= 4 is 11.9 Å². The molecule has 2 unspecified atom stereocenters. The lowest BCUT2D eigenvalue weighted by Gasteiger charge is -2.47. The van der Waals surface area contributed by atoms with Gasteiger partial charge in [-0.3, -0.25) is 4.79 Å². The summed E-state index contributed by atoms with van der Waals surface area (Å²) in [7, 11) is 0. The second-order valence-electron chi connectivity index (χ2n) is 11.0. The average Bonchev–Trinajstić information content (AvgIpc) is 3.62. The lowest BCUT2D eigenvalue weighted by Crippen LogP contribution is -2.55. The van der Waals surface area contributed by atoms with Gasteiger partial charge in [-0.25, -0.2) is 9.48 Å². The van der Waals surface area contributed by atoms with Crippen LogP contribution in [0.25, 0.3) is 16.8 Å². The zero-order valence-corrected chi connectivity index (χ0v) is 21.8. The van der Waals surface area contributed by atoms with E-state index < -0.39 is 0 Å². The number of Topliss-reactive ketones (excluding diaryl/α,β-unsaturated/α-hetero) is 1. The number of fused-ring (bicyclic) bond motifs is 5. The van der Waals surface area contributed by atoms with Gasteiger partial charge in [0.25, 0.3) is 0 Å². The summed E-state index contributed by atoms with van der Waals surface area (Å²) in [6.45, 7) is 0.327. The molecule has 2 fully saturated rings. The van der Waals surface area contributed by atoms with Crippen LogP contribution in [0.15, 0.2) is 91.3 Å². The van der Waals surface area contributed by atoms with Gasteiger partial charge in [0.05, 0.1) is 5.69 Å². The van der Waals surface area contributed by atoms with Gasteiger partial charge in [-0.1, -0.05) is 48.5 Å². The summed E-state index contributed by atoms with van der Waals surface area (Å²) in [6.07, 6.45) is 7.70. The number of carbonyl (C=O) groups excluding carboxylic acids is 2. The van der Waals surface area contributed by atoms with E-state index in [9.17, 15) is 9.59 Å². The molecule has 1 aliphatic carbocycles. The van der Waals surface area contributed by atoms with Gasteiger partial charge in [0.15, 0.2) is 5.78 Å². The van der Waals surface area contributed by atoms with Gasteiger partial charge in [0.2, 0.25) is 0 Å². The molecule has 2 bridgehead atoms. The standard InChI is InChI=1S/C33H31N3O3/c37-32(22-13-15-24(16-14-22)35-18-6-17-34-35)23-19-25-7-5-8-26(20-23)36(25)33(38)39-21-31-29-11-3-1-9-27(29)28-10-2-4-12-30(28)31/h1-4,6,9-18,23,25-26,31H,5,7-8,19-21H2. The van der Waals surface area contributed by atoms with Gasteiger partial charge in [0.1, 0.15) is 6.61 Å². The molecule has 0 N–H and O–H groups in total. The SMILES string of the molecule is O=C(c1ccc(-n2cccn2)cc1)C1CC2CCCC(C1)N2C(=O)OCC1c2ccccc2-c2ccccc21. The van der Waals surface area contributed by atoms with Crippen molar-refractivity contribution in [2.75, 3.05) is 6.61 Å². The summed E-state index contributed by atoms with van der Waals surface area (Å²) in [6, 6.07) is 26.4. The maximum Gasteiger partial charge on any atom is 0.410 e. The zero-order valence-electron chi connectivity index (χ0n) is 21.8. The summed E-state index contributed by atoms with van der Waals surface area (Å²) in [4.78, 5) is 28.9. The average molecular weight is 518 g/mol. The fourth-order valence-corrected chi connectivity index (χ4v) is 7.00. The number of piperidine rings is 2. The Balaban J connectivity index is 1.04. The largest absolute Gasteiger partial charge is 0.448 e. The fourth-order valence-electron chi connectivity index (χ4n) is 7.00. The van der Waals surface area contributed by atoms with E-state index in [0.29, 0.717) is 19.4 Å². The minimum atomic E-state index is -0.235. The van der Waals surface area contributed by atoms with Gasteiger partial charge in [-0.05, 0) is 84.7 Å². The third kappa shape index (κ3) is 4.24. The Bertz CT molecular complexity index is 1450. The molecule has 6 heteroatoms. The zero-order chi connectivity index (χ0) is 26.3. The number of nitrogens with zero attached hydrogens (tertiary/aromatic N) is 3. The molecule has 7 rings (SSSR count). The second kappa shape index (κ2) is 9.84. The molecule has 196 valence electrons. The highest BCUT2D eigenvalue weighted by atomic mass is 16.6. The summed E-state index contributed by atoms with van der Waals surface area (Å²) in [5.74, 6) is 0.143. The number of ketones is 1. The number of rotatable bonds is 5. The molecular formula is C33H31N3O3. The van der Waals surface area contributed by atoms with Crippen LogP contribution < -0.4 is 0 Å².